The number of hydrogen-bond donors (Lipinski definition) is 3. The fraction of sp³-hybridized carbons (Fsp3) is 0.111. The molecule has 0 bridgehead atoms. The molecule has 7 nitrogen and oxygen atoms in total. The van der Waals surface area contributed by atoms with Crippen LogP contribution in [0.4, 0.5) is 0 Å². The van der Waals surface area contributed by atoms with Crippen molar-refractivity contribution in [1.82, 2.24) is 0 Å². The van der Waals surface area contributed by atoms with Crippen molar-refractivity contribution in [2.24, 2.45) is 0 Å². The van der Waals surface area contributed by atoms with E-state index >= 15 is 0 Å². The number of rotatable bonds is 2. The van der Waals surface area contributed by atoms with Gasteiger partial charge in [0.2, 0.25) is 0 Å². The molecule has 0 atom stereocenters. The van der Waals surface area contributed by atoms with Gasteiger partial charge in [-0.2, -0.15) is 8.42 Å². The number of hydrogen-bond acceptors (Lipinski definition) is 4. The Hall–Kier alpha value is -1.93. The molecule has 0 spiro atoms. The lowest BCUT2D eigenvalue weighted by Crippen LogP contribution is -2.01. The fourth-order valence-electron chi connectivity index (χ4n) is 0.785. The Balaban J connectivity index is 0.000000437. The van der Waals surface area contributed by atoms with E-state index in [-0.39, 0.29) is 11.1 Å². The quantitative estimate of drug-likeness (QED) is 0.665. The van der Waals surface area contributed by atoms with Crippen molar-refractivity contribution in [2.75, 3.05) is 6.26 Å². The Morgan fingerprint density at radius 2 is 1.35 bits per heavy atom. The van der Waals surface area contributed by atoms with Crippen LogP contribution >= 0.6 is 0 Å². The maximum absolute atomic E-state index is 10.4. The summed E-state index contributed by atoms with van der Waals surface area (Å²) < 4.78 is 25.9. The average molecular weight is 262 g/mol. The normalized spacial score (nSPS) is 10.0. The maximum Gasteiger partial charge on any atom is 0.335 e. The zero-order valence-corrected chi connectivity index (χ0v) is 9.51. The molecule has 1 aromatic carbocycles. The van der Waals surface area contributed by atoms with E-state index in [1.54, 1.807) is 0 Å². The van der Waals surface area contributed by atoms with Gasteiger partial charge in [0.15, 0.2) is 0 Å². The van der Waals surface area contributed by atoms with Crippen molar-refractivity contribution in [1.29, 1.82) is 0 Å². The summed E-state index contributed by atoms with van der Waals surface area (Å²) in [5.74, 6) is -2.25. The molecule has 0 radical (unpaired) electrons. The van der Waals surface area contributed by atoms with E-state index in [1.807, 2.05) is 0 Å². The van der Waals surface area contributed by atoms with E-state index in [9.17, 15) is 18.0 Å². The second kappa shape index (κ2) is 5.97. The lowest BCUT2D eigenvalue weighted by atomic mass is 10.1. The topological polar surface area (TPSA) is 129 Å². The average Bonchev–Trinajstić information content (AvgIpc) is 2.15. The summed E-state index contributed by atoms with van der Waals surface area (Å²) in [7, 11) is -3.67. The number of benzene rings is 1. The largest absolute Gasteiger partial charge is 0.478 e. The molecule has 0 unspecified atom stereocenters. The molecule has 1 aromatic rings. The van der Waals surface area contributed by atoms with Gasteiger partial charge >= 0.3 is 11.9 Å². The highest BCUT2D eigenvalue weighted by Crippen LogP contribution is 2.04. The zero-order chi connectivity index (χ0) is 13.6. The molecule has 0 aliphatic heterocycles. The fourth-order valence-corrected chi connectivity index (χ4v) is 0.785. The summed E-state index contributed by atoms with van der Waals surface area (Å²) in [6, 6.07) is 5.20. The van der Waals surface area contributed by atoms with Crippen molar-refractivity contribution < 1.29 is 32.8 Å². The highest BCUT2D eigenvalue weighted by atomic mass is 32.2. The van der Waals surface area contributed by atoms with Gasteiger partial charge in [-0.15, -0.1) is 0 Å². The van der Waals surface area contributed by atoms with E-state index in [4.69, 9.17) is 14.8 Å². The summed E-state index contributed by atoms with van der Waals surface area (Å²) in [5.41, 5.74) is -0.0372. The van der Waals surface area contributed by atoms with Gasteiger partial charge in [0.25, 0.3) is 10.1 Å². The number of aromatic carboxylic acids is 2. The van der Waals surface area contributed by atoms with Gasteiger partial charge in [-0.25, -0.2) is 9.59 Å². The molecule has 0 heterocycles. The summed E-state index contributed by atoms with van der Waals surface area (Å²) in [4.78, 5) is 20.8. The molecular formula is C9H10O7S. The standard InChI is InChI=1S/C8H6O4.CH4O3S/c9-7(10)5-2-1-3-6(4-5)8(11)12;1-5(2,3)4/h1-4H,(H,9,10)(H,11,12);1H3,(H,2,3,4). The van der Waals surface area contributed by atoms with Crippen molar-refractivity contribution in [3.05, 3.63) is 35.4 Å². The summed E-state index contributed by atoms with van der Waals surface area (Å²) in [6.07, 6.45) is 0.715. The molecule has 0 aromatic heterocycles. The lowest BCUT2D eigenvalue weighted by Gasteiger charge is -1.95. The molecule has 0 amide bonds. The number of carboxylic acids is 2. The van der Waals surface area contributed by atoms with Crippen molar-refractivity contribution >= 4 is 22.1 Å². The first-order chi connectivity index (χ1) is 7.61. The van der Waals surface area contributed by atoms with Gasteiger partial charge in [0.05, 0.1) is 17.4 Å². The van der Waals surface area contributed by atoms with Gasteiger partial charge in [0, 0.05) is 0 Å². The third-order valence-corrected chi connectivity index (χ3v) is 1.36. The summed E-state index contributed by atoms with van der Waals surface area (Å²) in [5, 5.41) is 17.0. The smallest absolute Gasteiger partial charge is 0.335 e. The molecule has 0 saturated carbocycles. The van der Waals surface area contributed by atoms with E-state index in [1.165, 1.54) is 18.2 Å². The molecule has 0 fully saturated rings. The monoisotopic (exact) mass is 262 g/mol. The first-order valence-corrected chi connectivity index (χ1v) is 5.95. The lowest BCUT2D eigenvalue weighted by molar-refractivity contribution is 0.0696. The molecule has 3 N–H and O–H groups in total. The first-order valence-electron chi connectivity index (χ1n) is 4.10. The van der Waals surface area contributed by atoms with Gasteiger partial charge in [-0.1, -0.05) is 6.07 Å². The van der Waals surface area contributed by atoms with Crippen molar-refractivity contribution in [2.45, 2.75) is 0 Å². The van der Waals surface area contributed by atoms with Crippen LogP contribution in [-0.4, -0.2) is 41.4 Å². The molecular weight excluding hydrogens is 252 g/mol. The maximum atomic E-state index is 10.4. The molecule has 0 aliphatic carbocycles. The van der Waals surface area contributed by atoms with E-state index < -0.39 is 22.1 Å². The van der Waals surface area contributed by atoms with Gasteiger partial charge in [-0.3, -0.25) is 4.55 Å². The van der Waals surface area contributed by atoms with E-state index in [0.29, 0.717) is 6.26 Å². The molecule has 1 rings (SSSR count). The highest BCUT2D eigenvalue weighted by Gasteiger charge is 2.06. The first kappa shape index (κ1) is 15.1. The number of carboxylic acid groups (broad SMARTS) is 2. The third-order valence-electron chi connectivity index (χ3n) is 1.36. The van der Waals surface area contributed by atoms with Crippen LogP contribution < -0.4 is 0 Å². The molecule has 0 saturated heterocycles. The SMILES string of the molecule is CS(=O)(=O)O.O=C(O)c1cccc(C(=O)O)c1. The van der Waals surface area contributed by atoms with E-state index in [0.717, 1.165) is 6.07 Å². The molecule has 0 aliphatic rings. The molecule has 8 heteroatoms. The summed E-state index contributed by atoms with van der Waals surface area (Å²) >= 11 is 0. The third kappa shape index (κ3) is 7.94. The molecule has 17 heavy (non-hydrogen) atoms. The van der Waals surface area contributed by atoms with Gasteiger partial charge in [-0.05, 0) is 18.2 Å². The van der Waals surface area contributed by atoms with Gasteiger partial charge < -0.3 is 10.2 Å². The number of carbonyl (C=O) groups is 2. The zero-order valence-electron chi connectivity index (χ0n) is 8.69. The van der Waals surface area contributed by atoms with Crippen LogP contribution in [0.2, 0.25) is 0 Å². The molecule has 94 valence electrons. The van der Waals surface area contributed by atoms with Crippen LogP contribution in [0.3, 0.4) is 0 Å². The minimum Gasteiger partial charge on any atom is -0.478 e. The Morgan fingerprint density at radius 3 is 1.59 bits per heavy atom. The second-order valence-electron chi connectivity index (χ2n) is 2.92. The van der Waals surface area contributed by atoms with Crippen LogP contribution in [0.15, 0.2) is 24.3 Å². The Bertz CT molecular complexity index is 481. The van der Waals surface area contributed by atoms with Crippen LogP contribution in [0.25, 0.3) is 0 Å². The predicted molar refractivity (Wildman–Crippen MR) is 57.8 cm³/mol. The van der Waals surface area contributed by atoms with Crippen LogP contribution in [-0.2, 0) is 10.1 Å². The van der Waals surface area contributed by atoms with Gasteiger partial charge in [0.1, 0.15) is 0 Å². The Kier molecular flexibility index (Phi) is 5.29. The van der Waals surface area contributed by atoms with E-state index in [2.05, 4.69) is 0 Å². The highest BCUT2D eigenvalue weighted by molar-refractivity contribution is 7.85. The van der Waals surface area contributed by atoms with Crippen LogP contribution in [0, 0.1) is 0 Å². The predicted octanol–water partition coefficient (Wildman–Crippen LogP) is 0.587. The minimum absolute atomic E-state index is 0.0186. The van der Waals surface area contributed by atoms with Crippen LogP contribution in [0.1, 0.15) is 20.7 Å². The van der Waals surface area contributed by atoms with Crippen LogP contribution in [0.5, 0.6) is 0 Å². The minimum atomic E-state index is -3.67. The summed E-state index contributed by atoms with van der Waals surface area (Å²) in [6.45, 7) is 0. The van der Waals surface area contributed by atoms with Crippen molar-refractivity contribution in [3.63, 3.8) is 0 Å². The second-order valence-corrected chi connectivity index (χ2v) is 4.39. The van der Waals surface area contributed by atoms with Crippen molar-refractivity contribution in [3.8, 4) is 0 Å². The Labute approximate surface area is 97.1 Å². The Morgan fingerprint density at radius 1 is 1.06 bits per heavy atom.